The molecule has 5 nitrogen and oxygen atoms in total. The monoisotopic (exact) mass is 346 g/mol. The van der Waals surface area contributed by atoms with E-state index in [1.807, 2.05) is 12.1 Å². The largest absolute Gasteiger partial charge is 0.497 e. The van der Waals surface area contributed by atoms with Crippen molar-refractivity contribution >= 4 is 5.91 Å². The summed E-state index contributed by atoms with van der Waals surface area (Å²) in [4.78, 5) is 16.7. The maximum atomic E-state index is 12.0. The average molecular weight is 346 g/mol. The van der Waals surface area contributed by atoms with Gasteiger partial charge in [-0.15, -0.1) is 0 Å². The van der Waals surface area contributed by atoms with Crippen LogP contribution in [0.5, 0.6) is 11.5 Å². The number of nitrogens with zero attached hydrogens (tertiary/aromatic N) is 2. The number of rotatable bonds is 4. The lowest BCUT2D eigenvalue weighted by molar-refractivity contribution is -0.130. The molecule has 2 heterocycles. The zero-order valence-corrected chi connectivity index (χ0v) is 15.7. The van der Waals surface area contributed by atoms with E-state index in [-0.39, 0.29) is 5.91 Å². The SMILES string of the molecule is COc1ccc(CN2CCCCC[C@@H]3[C@@H]2CCN3C(C)=O)c(OC)c1. The maximum absolute atomic E-state index is 12.0. The van der Waals surface area contributed by atoms with Crippen LogP contribution in [0, 0.1) is 0 Å². The van der Waals surface area contributed by atoms with Gasteiger partial charge in [-0.25, -0.2) is 0 Å². The highest BCUT2D eigenvalue weighted by atomic mass is 16.5. The molecule has 1 amide bonds. The number of carbonyl (C=O) groups is 1. The number of methoxy groups -OCH3 is 2. The van der Waals surface area contributed by atoms with Crippen LogP contribution in [0.2, 0.25) is 0 Å². The summed E-state index contributed by atoms with van der Waals surface area (Å²) in [6.45, 7) is 4.54. The standard InChI is InChI=1S/C20H30N2O3/c1-15(23)22-12-10-18-19(22)7-5-4-6-11-21(18)14-16-8-9-17(24-2)13-20(16)25-3/h8-9,13,18-19H,4-7,10-12,14H2,1-3H3/t18-,19+/m0/s1. The summed E-state index contributed by atoms with van der Waals surface area (Å²) in [7, 11) is 3.38. The van der Waals surface area contributed by atoms with E-state index >= 15 is 0 Å². The number of carbonyl (C=O) groups excluding carboxylic acids is 1. The smallest absolute Gasteiger partial charge is 0.219 e. The topological polar surface area (TPSA) is 42.0 Å². The summed E-state index contributed by atoms with van der Waals surface area (Å²) >= 11 is 0. The Morgan fingerprint density at radius 3 is 2.64 bits per heavy atom. The van der Waals surface area contributed by atoms with E-state index in [1.54, 1.807) is 21.1 Å². The van der Waals surface area contributed by atoms with Gasteiger partial charge in [0, 0.05) is 43.7 Å². The van der Waals surface area contributed by atoms with Gasteiger partial charge in [-0.3, -0.25) is 9.69 Å². The fourth-order valence-electron chi connectivity index (χ4n) is 4.41. The summed E-state index contributed by atoms with van der Waals surface area (Å²) in [5, 5.41) is 0. The average Bonchev–Trinajstić information content (AvgIpc) is 3.01. The highest BCUT2D eigenvalue weighted by Crippen LogP contribution is 2.33. The zero-order chi connectivity index (χ0) is 17.8. The Kier molecular flexibility index (Phi) is 5.84. The molecule has 5 heteroatoms. The minimum atomic E-state index is 0.218. The van der Waals surface area contributed by atoms with Crippen LogP contribution < -0.4 is 9.47 Å². The number of fused-ring (bicyclic) bond motifs is 1. The van der Waals surface area contributed by atoms with E-state index in [4.69, 9.17) is 9.47 Å². The van der Waals surface area contributed by atoms with Gasteiger partial charge in [0.15, 0.2) is 0 Å². The first-order valence-corrected chi connectivity index (χ1v) is 9.36. The number of likely N-dealkylation sites (tertiary alicyclic amines) is 2. The third-order valence-electron chi connectivity index (χ3n) is 5.70. The fourth-order valence-corrected chi connectivity index (χ4v) is 4.41. The third-order valence-corrected chi connectivity index (χ3v) is 5.70. The molecular formula is C20H30N2O3. The lowest BCUT2D eigenvalue weighted by atomic mass is 9.96. The van der Waals surface area contributed by atoms with Crippen LogP contribution in [0.15, 0.2) is 18.2 Å². The Balaban J connectivity index is 1.81. The zero-order valence-electron chi connectivity index (χ0n) is 15.7. The summed E-state index contributed by atoms with van der Waals surface area (Å²) in [5.74, 6) is 1.91. The lowest BCUT2D eigenvalue weighted by Gasteiger charge is -2.37. The third kappa shape index (κ3) is 3.92. The van der Waals surface area contributed by atoms with Gasteiger partial charge in [0.1, 0.15) is 11.5 Å². The Morgan fingerprint density at radius 2 is 1.92 bits per heavy atom. The molecule has 0 aromatic heterocycles. The van der Waals surface area contributed by atoms with E-state index < -0.39 is 0 Å². The number of hydrogen-bond acceptors (Lipinski definition) is 4. The van der Waals surface area contributed by atoms with E-state index in [0.29, 0.717) is 12.1 Å². The van der Waals surface area contributed by atoms with Gasteiger partial charge in [-0.2, -0.15) is 0 Å². The number of benzene rings is 1. The van der Waals surface area contributed by atoms with Crippen LogP contribution in [0.3, 0.4) is 0 Å². The van der Waals surface area contributed by atoms with Crippen LogP contribution in [0.1, 0.15) is 44.6 Å². The predicted octanol–water partition coefficient (Wildman–Crippen LogP) is 3.07. The van der Waals surface area contributed by atoms with Crippen molar-refractivity contribution in [2.75, 3.05) is 27.3 Å². The van der Waals surface area contributed by atoms with Gasteiger partial charge in [0.2, 0.25) is 5.91 Å². The molecular weight excluding hydrogens is 316 g/mol. The molecule has 2 fully saturated rings. The van der Waals surface area contributed by atoms with Crippen LogP contribution in [-0.2, 0) is 11.3 Å². The molecule has 138 valence electrons. The Bertz CT molecular complexity index is 605. The Labute approximate surface area is 150 Å². The second-order valence-corrected chi connectivity index (χ2v) is 7.13. The van der Waals surface area contributed by atoms with Crippen molar-refractivity contribution in [3.8, 4) is 11.5 Å². The summed E-state index contributed by atoms with van der Waals surface area (Å²) < 4.78 is 10.9. The summed E-state index contributed by atoms with van der Waals surface area (Å²) in [5.41, 5.74) is 1.18. The van der Waals surface area contributed by atoms with Crippen LogP contribution >= 0.6 is 0 Å². The Morgan fingerprint density at radius 1 is 1.08 bits per heavy atom. The molecule has 2 atom stereocenters. The first-order valence-electron chi connectivity index (χ1n) is 9.36. The van der Waals surface area contributed by atoms with Gasteiger partial charge in [0.05, 0.1) is 14.2 Å². The molecule has 1 aromatic rings. The minimum Gasteiger partial charge on any atom is -0.497 e. The number of ether oxygens (including phenoxy) is 2. The summed E-state index contributed by atoms with van der Waals surface area (Å²) in [6, 6.07) is 6.87. The van der Waals surface area contributed by atoms with Crippen molar-refractivity contribution in [3.63, 3.8) is 0 Å². The molecule has 2 aliphatic heterocycles. The van der Waals surface area contributed by atoms with Gasteiger partial charge >= 0.3 is 0 Å². The second-order valence-electron chi connectivity index (χ2n) is 7.13. The van der Waals surface area contributed by atoms with Crippen molar-refractivity contribution in [1.82, 2.24) is 9.80 Å². The van der Waals surface area contributed by atoms with Crippen molar-refractivity contribution in [3.05, 3.63) is 23.8 Å². The van der Waals surface area contributed by atoms with Crippen LogP contribution in [0.4, 0.5) is 0 Å². The molecule has 0 radical (unpaired) electrons. The molecule has 0 aliphatic carbocycles. The molecule has 2 saturated heterocycles. The second kappa shape index (κ2) is 8.09. The predicted molar refractivity (Wildman–Crippen MR) is 98.0 cm³/mol. The lowest BCUT2D eigenvalue weighted by Crippen LogP contribution is -2.47. The highest BCUT2D eigenvalue weighted by Gasteiger charge is 2.39. The van der Waals surface area contributed by atoms with Gasteiger partial charge < -0.3 is 14.4 Å². The molecule has 0 N–H and O–H groups in total. The molecule has 2 aliphatic rings. The molecule has 0 unspecified atom stereocenters. The fraction of sp³-hybridized carbons (Fsp3) is 0.650. The van der Waals surface area contributed by atoms with Crippen LogP contribution in [-0.4, -0.2) is 55.1 Å². The number of amides is 1. The molecule has 3 rings (SSSR count). The quantitative estimate of drug-likeness (QED) is 0.840. The van der Waals surface area contributed by atoms with Crippen molar-refractivity contribution in [2.45, 2.75) is 57.7 Å². The van der Waals surface area contributed by atoms with Crippen LogP contribution in [0.25, 0.3) is 0 Å². The highest BCUT2D eigenvalue weighted by molar-refractivity contribution is 5.74. The minimum absolute atomic E-state index is 0.218. The molecule has 0 saturated carbocycles. The van der Waals surface area contributed by atoms with E-state index in [9.17, 15) is 4.79 Å². The first kappa shape index (κ1) is 18.1. The van der Waals surface area contributed by atoms with Crippen molar-refractivity contribution in [1.29, 1.82) is 0 Å². The van der Waals surface area contributed by atoms with Gasteiger partial charge in [-0.1, -0.05) is 18.9 Å². The first-order chi connectivity index (χ1) is 12.1. The van der Waals surface area contributed by atoms with Crippen molar-refractivity contribution in [2.24, 2.45) is 0 Å². The van der Waals surface area contributed by atoms with Crippen molar-refractivity contribution < 1.29 is 14.3 Å². The van der Waals surface area contributed by atoms with Gasteiger partial charge in [-0.05, 0) is 31.9 Å². The van der Waals surface area contributed by atoms with E-state index in [1.165, 1.54) is 24.8 Å². The molecule has 0 bridgehead atoms. The van der Waals surface area contributed by atoms with Gasteiger partial charge in [0.25, 0.3) is 0 Å². The Hall–Kier alpha value is -1.75. The molecule has 1 aromatic carbocycles. The summed E-state index contributed by atoms with van der Waals surface area (Å²) in [6.07, 6.45) is 5.89. The molecule has 25 heavy (non-hydrogen) atoms. The molecule has 0 spiro atoms. The normalized spacial score (nSPS) is 24.4. The number of hydrogen-bond donors (Lipinski definition) is 0. The maximum Gasteiger partial charge on any atom is 0.219 e. The van der Waals surface area contributed by atoms with E-state index in [0.717, 1.165) is 44.0 Å². The van der Waals surface area contributed by atoms with E-state index in [2.05, 4.69) is 15.9 Å².